The molecule has 0 aliphatic heterocycles. The number of pyridine rings is 1. The number of amides is 1. The highest BCUT2D eigenvalue weighted by molar-refractivity contribution is 6.05. The van der Waals surface area contributed by atoms with E-state index in [1.54, 1.807) is 36.5 Å². The summed E-state index contributed by atoms with van der Waals surface area (Å²) in [6, 6.07) is 14.8. The Balaban J connectivity index is 1.68. The fourth-order valence-electron chi connectivity index (χ4n) is 2.62. The molecule has 26 heavy (non-hydrogen) atoms. The number of nitrogens with zero attached hydrogens (tertiary/aromatic N) is 2. The molecule has 4 aromatic rings. The Bertz CT molecular complexity index is 1090. The number of carbonyl (C=O) groups is 1. The molecule has 0 unspecified atom stereocenters. The van der Waals surface area contributed by atoms with Gasteiger partial charge in [-0.05, 0) is 48.9 Å². The second-order valence-corrected chi connectivity index (χ2v) is 5.81. The number of anilines is 1. The van der Waals surface area contributed by atoms with Crippen LogP contribution in [0.25, 0.3) is 22.7 Å². The molecular formula is C20H14FN3O2. The van der Waals surface area contributed by atoms with E-state index in [1.165, 1.54) is 12.1 Å². The minimum absolute atomic E-state index is 0.0108. The van der Waals surface area contributed by atoms with Crippen molar-refractivity contribution in [2.75, 3.05) is 5.32 Å². The van der Waals surface area contributed by atoms with Gasteiger partial charge in [0.05, 0.1) is 5.56 Å². The van der Waals surface area contributed by atoms with Gasteiger partial charge in [-0.15, -0.1) is 0 Å². The van der Waals surface area contributed by atoms with E-state index < -0.39 is 11.7 Å². The van der Waals surface area contributed by atoms with Gasteiger partial charge in [-0.3, -0.25) is 4.79 Å². The molecule has 2 heterocycles. The van der Waals surface area contributed by atoms with Gasteiger partial charge >= 0.3 is 0 Å². The van der Waals surface area contributed by atoms with Gasteiger partial charge in [0.15, 0.2) is 11.2 Å². The molecule has 0 saturated carbocycles. The van der Waals surface area contributed by atoms with Crippen LogP contribution in [-0.2, 0) is 0 Å². The highest BCUT2D eigenvalue weighted by Gasteiger charge is 2.14. The molecule has 0 atom stereocenters. The van der Waals surface area contributed by atoms with E-state index in [-0.39, 0.29) is 5.56 Å². The first-order chi connectivity index (χ1) is 12.6. The van der Waals surface area contributed by atoms with Crippen molar-refractivity contribution in [3.63, 3.8) is 0 Å². The minimum atomic E-state index is -0.566. The fraction of sp³-hybridized carbons (Fsp3) is 0.0500. The molecule has 0 aliphatic carbocycles. The van der Waals surface area contributed by atoms with Crippen LogP contribution in [0.4, 0.5) is 10.1 Å². The maximum Gasteiger partial charge on any atom is 0.258 e. The maximum atomic E-state index is 13.8. The molecule has 128 valence electrons. The Labute approximate surface area is 148 Å². The van der Waals surface area contributed by atoms with Crippen molar-refractivity contribution in [1.29, 1.82) is 0 Å². The molecule has 0 bridgehead atoms. The van der Waals surface area contributed by atoms with Crippen LogP contribution in [0, 0.1) is 12.7 Å². The molecule has 0 radical (unpaired) electrons. The number of oxazole rings is 1. The zero-order chi connectivity index (χ0) is 18.1. The second kappa shape index (κ2) is 6.40. The normalized spacial score (nSPS) is 10.8. The van der Waals surface area contributed by atoms with Crippen molar-refractivity contribution in [3.8, 4) is 11.5 Å². The molecule has 0 saturated heterocycles. The lowest BCUT2D eigenvalue weighted by Gasteiger charge is -2.10. The molecule has 4 rings (SSSR count). The lowest BCUT2D eigenvalue weighted by molar-refractivity contribution is 0.102. The Morgan fingerprint density at radius 3 is 2.77 bits per heavy atom. The number of carbonyl (C=O) groups excluding carboxylic acids is 1. The third kappa shape index (κ3) is 2.93. The van der Waals surface area contributed by atoms with E-state index in [0.717, 1.165) is 5.56 Å². The van der Waals surface area contributed by atoms with Gasteiger partial charge in [-0.2, -0.15) is 4.98 Å². The summed E-state index contributed by atoms with van der Waals surface area (Å²) in [6.07, 6.45) is 1.64. The summed E-state index contributed by atoms with van der Waals surface area (Å²) >= 11 is 0. The van der Waals surface area contributed by atoms with Crippen molar-refractivity contribution in [2.45, 2.75) is 6.92 Å². The molecule has 0 fully saturated rings. The number of aryl methyl sites for hydroxylation is 1. The zero-order valence-electron chi connectivity index (χ0n) is 13.9. The first-order valence-electron chi connectivity index (χ1n) is 8.00. The summed E-state index contributed by atoms with van der Waals surface area (Å²) in [5.41, 5.74) is 3.18. The molecule has 1 N–H and O–H groups in total. The minimum Gasteiger partial charge on any atom is -0.434 e. The fourth-order valence-corrected chi connectivity index (χ4v) is 2.62. The molecule has 2 aromatic heterocycles. The number of fused-ring (bicyclic) bond motifs is 1. The Morgan fingerprint density at radius 2 is 1.96 bits per heavy atom. The molecule has 6 heteroatoms. The van der Waals surface area contributed by atoms with Crippen LogP contribution in [-0.4, -0.2) is 15.9 Å². The van der Waals surface area contributed by atoms with Crippen LogP contribution in [0.5, 0.6) is 0 Å². The third-order valence-corrected chi connectivity index (χ3v) is 4.02. The highest BCUT2D eigenvalue weighted by Crippen LogP contribution is 2.27. The smallest absolute Gasteiger partial charge is 0.258 e. The maximum absolute atomic E-state index is 13.8. The molecule has 1 amide bonds. The van der Waals surface area contributed by atoms with Crippen LogP contribution in [0.15, 0.2) is 65.2 Å². The molecule has 2 aromatic carbocycles. The Hall–Kier alpha value is -3.54. The highest BCUT2D eigenvalue weighted by atomic mass is 19.1. The number of aromatic nitrogens is 2. The van der Waals surface area contributed by atoms with Crippen LogP contribution < -0.4 is 5.32 Å². The van der Waals surface area contributed by atoms with Gasteiger partial charge in [0, 0.05) is 17.4 Å². The number of hydrogen-bond donors (Lipinski definition) is 1. The zero-order valence-corrected chi connectivity index (χ0v) is 13.9. The first-order valence-corrected chi connectivity index (χ1v) is 8.00. The van der Waals surface area contributed by atoms with Crippen molar-refractivity contribution in [3.05, 3.63) is 77.7 Å². The summed E-state index contributed by atoms with van der Waals surface area (Å²) in [5.74, 6) is -0.675. The Morgan fingerprint density at radius 1 is 1.12 bits per heavy atom. The molecule has 0 aliphatic rings. The van der Waals surface area contributed by atoms with Gasteiger partial charge in [-0.1, -0.05) is 18.2 Å². The van der Waals surface area contributed by atoms with E-state index in [4.69, 9.17) is 4.42 Å². The summed E-state index contributed by atoms with van der Waals surface area (Å²) < 4.78 is 19.5. The topological polar surface area (TPSA) is 68.0 Å². The van der Waals surface area contributed by atoms with Crippen LogP contribution in [0.2, 0.25) is 0 Å². The predicted molar refractivity (Wildman–Crippen MR) is 96.3 cm³/mol. The second-order valence-electron chi connectivity index (χ2n) is 5.81. The number of rotatable bonds is 3. The van der Waals surface area contributed by atoms with E-state index in [2.05, 4.69) is 15.3 Å². The third-order valence-electron chi connectivity index (χ3n) is 4.02. The largest absolute Gasteiger partial charge is 0.434 e. The number of hydrogen-bond acceptors (Lipinski definition) is 4. The SMILES string of the molecule is Cc1ccc(-c2nc3ncccc3o2)cc1NC(=O)c1ccccc1F. The van der Waals surface area contributed by atoms with Crippen LogP contribution in [0.3, 0.4) is 0 Å². The average Bonchev–Trinajstić information content (AvgIpc) is 3.08. The lowest BCUT2D eigenvalue weighted by Crippen LogP contribution is -2.14. The number of nitrogens with one attached hydrogen (secondary N) is 1. The molecular weight excluding hydrogens is 333 g/mol. The average molecular weight is 347 g/mol. The van der Waals surface area contributed by atoms with Crippen molar-refractivity contribution >= 4 is 22.8 Å². The van der Waals surface area contributed by atoms with Crippen molar-refractivity contribution in [1.82, 2.24) is 9.97 Å². The summed E-state index contributed by atoms with van der Waals surface area (Å²) in [5, 5.41) is 2.75. The van der Waals surface area contributed by atoms with E-state index in [0.29, 0.717) is 28.4 Å². The summed E-state index contributed by atoms with van der Waals surface area (Å²) in [6.45, 7) is 1.86. The van der Waals surface area contributed by atoms with Gasteiger partial charge in [-0.25, -0.2) is 9.37 Å². The summed E-state index contributed by atoms with van der Waals surface area (Å²) in [4.78, 5) is 20.9. The van der Waals surface area contributed by atoms with Crippen molar-refractivity contribution in [2.24, 2.45) is 0 Å². The lowest BCUT2D eigenvalue weighted by atomic mass is 10.1. The van der Waals surface area contributed by atoms with E-state index in [1.807, 2.05) is 19.1 Å². The summed E-state index contributed by atoms with van der Waals surface area (Å²) in [7, 11) is 0. The standard InChI is InChI=1S/C20H14FN3O2/c1-12-8-9-13(20-24-18-17(26-20)7-4-10-22-18)11-16(12)23-19(25)14-5-2-3-6-15(14)21/h2-11H,1H3,(H,23,25). The predicted octanol–water partition coefficient (Wildman–Crippen LogP) is 4.59. The van der Waals surface area contributed by atoms with Gasteiger partial charge in [0.2, 0.25) is 5.89 Å². The van der Waals surface area contributed by atoms with Crippen molar-refractivity contribution < 1.29 is 13.6 Å². The Kier molecular flexibility index (Phi) is 3.93. The number of benzene rings is 2. The first kappa shape index (κ1) is 16.0. The van der Waals surface area contributed by atoms with Gasteiger partial charge < -0.3 is 9.73 Å². The van der Waals surface area contributed by atoms with E-state index in [9.17, 15) is 9.18 Å². The molecule has 0 spiro atoms. The van der Waals surface area contributed by atoms with Crippen LogP contribution in [0.1, 0.15) is 15.9 Å². The van der Waals surface area contributed by atoms with Crippen LogP contribution >= 0.6 is 0 Å². The van der Waals surface area contributed by atoms with E-state index >= 15 is 0 Å². The monoisotopic (exact) mass is 347 g/mol. The quantitative estimate of drug-likeness (QED) is 0.588. The van der Waals surface area contributed by atoms with Gasteiger partial charge in [0.1, 0.15) is 5.82 Å². The molecule has 5 nitrogen and oxygen atoms in total. The van der Waals surface area contributed by atoms with Gasteiger partial charge in [0.25, 0.3) is 5.91 Å². The number of halogens is 1.